The Morgan fingerprint density at radius 1 is 0.647 bits per heavy atom. The molecule has 0 atom stereocenters. The first-order chi connectivity index (χ1) is 31.7. The molecule has 2 aromatic heterocycles. The summed E-state index contributed by atoms with van der Waals surface area (Å²) in [4.78, 5) is 52.5. The third kappa shape index (κ3) is 13.5. The van der Waals surface area contributed by atoms with E-state index >= 15 is 0 Å². The molecule has 2 N–H and O–H groups in total. The van der Waals surface area contributed by atoms with E-state index in [1.54, 1.807) is 41.0 Å². The van der Waals surface area contributed by atoms with Crippen molar-refractivity contribution >= 4 is 23.8 Å². The minimum absolute atomic E-state index is 0. The zero-order valence-electron chi connectivity index (χ0n) is 38.4. The molecular weight excluding hydrogens is 910 g/mol. The van der Waals surface area contributed by atoms with Gasteiger partial charge in [0.1, 0.15) is 23.0 Å². The van der Waals surface area contributed by atoms with Crippen LogP contribution in [0.15, 0.2) is 48.5 Å². The molecule has 8 rings (SSSR count). The summed E-state index contributed by atoms with van der Waals surface area (Å²) in [6.45, 7) is 3.80. The molecule has 0 radical (unpaired) electrons. The summed E-state index contributed by atoms with van der Waals surface area (Å²) in [5.74, 6) is -1.76. The smallest absolute Gasteiger partial charge is 0.870 e. The molecule has 0 bridgehead atoms. The number of carbonyl (C=O) groups is 4. The van der Waals surface area contributed by atoms with E-state index in [2.05, 4.69) is 10.2 Å². The van der Waals surface area contributed by atoms with Crippen molar-refractivity contribution in [2.45, 2.75) is 123 Å². The fourth-order valence-corrected chi connectivity index (χ4v) is 9.81. The maximum Gasteiger partial charge on any atom is 1.00 e. The summed E-state index contributed by atoms with van der Waals surface area (Å²) in [5.41, 5.74) is 3.21. The molecule has 2 aromatic carbocycles. The second-order valence-corrected chi connectivity index (χ2v) is 17.9. The van der Waals surface area contributed by atoms with Gasteiger partial charge >= 0.3 is 41.5 Å². The number of alkyl halides is 4. The van der Waals surface area contributed by atoms with Gasteiger partial charge in [0.25, 0.3) is 12.9 Å². The molecule has 4 heterocycles. The molecule has 2 amide bonds. The first-order valence-electron chi connectivity index (χ1n) is 22.8. The fraction of sp³-hybridized carbons (Fsp3) is 0.542. The summed E-state index contributed by atoms with van der Waals surface area (Å²) in [6.07, 6.45) is 1.61. The molecule has 0 spiro atoms. The Hall–Kier alpha value is -4.72. The number of carbonyl (C=O) groups excluding carboxylic acids is 3. The van der Waals surface area contributed by atoms with Crippen molar-refractivity contribution in [3.05, 3.63) is 105 Å². The van der Waals surface area contributed by atoms with E-state index in [4.69, 9.17) is 9.84 Å². The number of hydrogen-bond donors (Lipinski definition) is 1. The third-order valence-electron chi connectivity index (χ3n) is 13.5. The van der Waals surface area contributed by atoms with Crippen LogP contribution >= 0.6 is 0 Å². The van der Waals surface area contributed by atoms with E-state index < -0.39 is 18.8 Å². The van der Waals surface area contributed by atoms with Crippen LogP contribution in [-0.4, -0.2) is 83.4 Å². The van der Waals surface area contributed by atoms with Crippen molar-refractivity contribution in [3.8, 4) is 0 Å². The molecule has 2 aliphatic heterocycles. The van der Waals surface area contributed by atoms with Gasteiger partial charge in [0.05, 0.1) is 56.0 Å². The summed E-state index contributed by atoms with van der Waals surface area (Å²) < 4.78 is 89.0. The van der Waals surface area contributed by atoms with Crippen LogP contribution in [0.4, 0.5) is 26.3 Å². The molecule has 0 unspecified atom stereocenters. The van der Waals surface area contributed by atoms with Gasteiger partial charge in [-0.3, -0.25) is 28.5 Å². The molecule has 2 fully saturated rings. The topological polar surface area (TPSA) is 170 Å². The van der Waals surface area contributed by atoms with Crippen molar-refractivity contribution in [1.29, 1.82) is 0 Å². The van der Waals surface area contributed by atoms with Gasteiger partial charge in [-0.05, 0) is 118 Å². The first kappa shape index (κ1) is 54.2. The molecule has 364 valence electrons. The molecular formula is C48H57F6N6NaO7. The van der Waals surface area contributed by atoms with E-state index in [-0.39, 0.29) is 126 Å². The van der Waals surface area contributed by atoms with Crippen LogP contribution in [0.25, 0.3) is 0 Å². The van der Waals surface area contributed by atoms with E-state index in [0.717, 1.165) is 36.8 Å². The van der Waals surface area contributed by atoms with Crippen LogP contribution in [0, 0.1) is 35.3 Å². The number of halogens is 6. The van der Waals surface area contributed by atoms with E-state index in [0.29, 0.717) is 93.6 Å². The fourth-order valence-electron chi connectivity index (χ4n) is 9.81. The van der Waals surface area contributed by atoms with Crippen molar-refractivity contribution < 1.29 is 90.4 Å². The second kappa shape index (κ2) is 24.7. The normalized spacial score (nSPS) is 20.0. The molecule has 0 saturated heterocycles. The Kier molecular flexibility index (Phi) is 19.7. The predicted molar refractivity (Wildman–Crippen MR) is 230 cm³/mol. The summed E-state index contributed by atoms with van der Waals surface area (Å²) >= 11 is 0. The molecule has 13 nitrogen and oxygen atoms in total. The van der Waals surface area contributed by atoms with Gasteiger partial charge in [-0.15, -0.1) is 0 Å². The number of ether oxygens (including phenoxy) is 1. The van der Waals surface area contributed by atoms with Crippen LogP contribution in [-0.2, 0) is 62.9 Å². The van der Waals surface area contributed by atoms with E-state index in [9.17, 15) is 45.5 Å². The number of aromatic nitrogens is 4. The number of carboxylic acid groups (broad SMARTS) is 1. The maximum absolute atomic E-state index is 13.6. The number of carboxylic acids is 1. The summed E-state index contributed by atoms with van der Waals surface area (Å²) in [7, 11) is 0. The number of esters is 1. The zero-order valence-corrected chi connectivity index (χ0v) is 40.4. The van der Waals surface area contributed by atoms with Gasteiger partial charge in [-0.1, -0.05) is 24.3 Å². The van der Waals surface area contributed by atoms with Gasteiger partial charge in [0.15, 0.2) is 0 Å². The molecule has 4 aromatic rings. The van der Waals surface area contributed by atoms with Crippen LogP contribution < -0.4 is 29.6 Å². The number of fused-ring (bicyclic) bond motifs is 2. The number of rotatable bonds is 13. The number of amides is 2. The predicted octanol–water partition coefficient (Wildman–Crippen LogP) is 5.65. The largest absolute Gasteiger partial charge is 1.00 e. The monoisotopic (exact) mass is 966 g/mol. The average Bonchev–Trinajstić information content (AvgIpc) is 3.86. The van der Waals surface area contributed by atoms with Crippen molar-refractivity contribution in [1.82, 2.24) is 29.4 Å². The van der Waals surface area contributed by atoms with Crippen LogP contribution in [0.3, 0.4) is 0 Å². The van der Waals surface area contributed by atoms with Crippen LogP contribution in [0.5, 0.6) is 0 Å². The number of hydrogen-bond acceptors (Lipinski definition) is 8. The second-order valence-electron chi connectivity index (χ2n) is 17.9. The minimum Gasteiger partial charge on any atom is -0.870 e. The minimum atomic E-state index is -2.70. The Morgan fingerprint density at radius 2 is 1.03 bits per heavy atom. The zero-order chi connectivity index (χ0) is 47.1. The summed E-state index contributed by atoms with van der Waals surface area (Å²) in [5, 5.41) is 17.4. The van der Waals surface area contributed by atoms with Crippen molar-refractivity contribution in [2.24, 2.45) is 23.7 Å². The third-order valence-corrected chi connectivity index (χ3v) is 13.5. The van der Waals surface area contributed by atoms with E-state index in [1.165, 1.54) is 33.6 Å². The Balaban J connectivity index is 0.000000247. The molecule has 2 saturated carbocycles. The molecule has 68 heavy (non-hydrogen) atoms. The Bertz CT molecular complexity index is 2330. The van der Waals surface area contributed by atoms with E-state index in [1.807, 2.05) is 0 Å². The Morgan fingerprint density at radius 3 is 1.38 bits per heavy atom. The molecule has 2 aliphatic carbocycles. The molecule has 4 aliphatic rings. The first-order valence-corrected chi connectivity index (χ1v) is 22.8. The molecule has 20 heteroatoms. The van der Waals surface area contributed by atoms with Gasteiger partial charge in [-0.2, -0.15) is 10.2 Å². The standard InChI is InChI=1S/C25H30F3N3O3.C23H26F3N3O3.Na.H2O/c1-2-34-25(33)18-7-3-16(4-8-18)13-22(32)30-12-11-20-21(15-30)31(29-23(20)24(27)28)14-17-5-9-19(26)10-6-17;24-17-7-3-15(4-8-17)12-29-19-13-28(10-9-18(19)21(27-29)22(25)26)20(30)11-14-1-5-16(6-2-14)23(31)32;;/h5-6,9-10,16,18,24H,2-4,7-8,11-15H2,1H3;3-4,7-8,14,16,22H,1-2,5-6,9-13H2,(H,31,32);;1H2/q;;+1;/p-1. The maximum atomic E-state index is 13.6. The van der Waals surface area contributed by atoms with Gasteiger partial charge in [-0.25, -0.2) is 26.3 Å². The van der Waals surface area contributed by atoms with Crippen molar-refractivity contribution in [2.75, 3.05) is 19.7 Å². The number of benzene rings is 2. The van der Waals surface area contributed by atoms with Crippen LogP contribution in [0.2, 0.25) is 0 Å². The van der Waals surface area contributed by atoms with Crippen LogP contribution in [0.1, 0.15) is 129 Å². The van der Waals surface area contributed by atoms with Gasteiger partial charge < -0.3 is 25.1 Å². The number of aliphatic carboxylic acids is 1. The van der Waals surface area contributed by atoms with Crippen molar-refractivity contribution in [3.63, 3.8) is 0 Å². The SMILES string of the molecule is CCOC(=O)C1CCC(CC(=O)N2CCc3c(C(F)F)nn(Cc4ccc(F)cc4)c3C2)CC1.O=C(O)C1CCC(CC(=O)N2CCc3c(C(F)F)nn(Cc4ccc(F)cc4)c3C2)CC1.[Na+].[OH-]. The quantitative estimate of drug-likeness (QED) is 0.101. The number of nitrogens with zero attached hydrogens (tertiary/aromatic N) is 6. The Labute approximate surface area is 413 Å². The average molecular weight is 967 g/mol. The van der Waals surface area contributed by atoms with Gasteiger partial charge in [0, 0.05) is 37.1 Å². The summed E-state index contributed by atoms with van der Waals surface area (Å²) in [6, 6.07) is 11.7. The van der Waals surface area contributed by atoms with Gasteiger partial charge in [0.2, 0.25) is 11.8 Å².